The molecule has 0 radical (unpaired) electrons. The number of hydrogen-bond acceptors (Lipinski definition) is 2. The number of allylic oxidation sites excluding steroid dienone is 1. The van der Waals surface area contributed by atoms with Crippen molar-refractivity contribution in [1.29, 1.82) is 0 Å². The van der Waals surface area contributed by atoms with Crippen molar-refractivity contribution in [2.75, 3.05) is 13.2 Å². The predicted molar refractivity (Wildman–Crippen MR) is 37.1 cm³/mol. The summed E-state index contributed by atoms with van der Waals surface area (Å²) in [5, 5.41) is 0. The normalized spacial score (nSPS) is 18.2. The van der Waals surface area contributed by atoms with Gasteiger partial charge in [0.2, 0.25) is 0 Å². The summed E-state index contributed by atoms with van der Waals surface area (Å²) in [4.78, 5) is 0. The molecule has 3 heteroatoms. The lowest BCUT2D eigenvalue weighted by Crippen LogP contribution is -2.10. The van der Waals surface area contributed by atoms with E-state index in [0.29, 0.717) is 0 Å². The van der Waals surface area contributed by atoms with Gasteiger partial charge in [-0.05, 0) is 13.8 Å². The van der Waals surface area contributed by atoms with E-state index < -0.39 is 0 Å². The summed E-state index contributed by atoms with van der Waals surface area (Å²) in [5.41, 5.74) is 1.24. The molecule has 1 saturated heterocycles. The van der Waals surface area contributed by atoms with E-state index in [9.17, 15) is 0 Å². The highest BCUT2D eigenvalue weighted by Crippen LogP contribution is 2.02. The molecule has 2 nitrogen and oxygen atoms in total. The third-order valence-corrected chi connectivity index (χ3v) is 1.12. The Hall–Kier alpha value is -0.275. The maximum atomic E-state index is 5.17. The summed E-state index contributed by atoms with van der Waals surface area (Å²) in [6, 6.07) is 0. The van der Waals surface area contributed by atoms with Crippen LogP contribution in [-0.2, 0) is 9.31 Å². The van der Waals surface area contributed by atoms with Crippen LogP contribution in [0.2, 0.25) is 0 Å². The number of hydrogen-bond donors (Lipinski definition) is 0. The van der Waals surface area contributed by atoms with Crippen molar-refractivity contribution in [1.82, 2.24) is 0 Å². The first-order valence-corrected chi connectivity index (χ1v) is 3.17. The zero-order valence-corrected chi connectivity index (χ0v) is 5.89. The van der Waals surface area contributed by atoms with Crippen LogP contribution in [0.15, 0.2) is 11.5 Å². The van der Waals surface area contributed by atoms with E-state index in [1.807, 2.05) is 19.8 Å². The van der Waals surface area contributed by atoms with Crippen LogP contribution in [0, 0.1) is 0 Å². The molecule has 0 bridgehead atoms. The lowest BCUT2D eigenvalue weighted by Gasteiger charge is -1.95. The topological polar surface area (TPSA) is 18.5 Å². The minimum absolute atomic E-state index is 0.0741. The lowest BCUT2D eigenvalue weighted by molar-refractivity contribution is 0.365. The van der Waals surface area contributed by atoms with E-state index in [-0.39, 0.29) is 7.12 Å². The summed E-state index contributed by atoms with van der Waals surface area (Å²) in [5.74, 6) is 1.98. The third kappa shape index (κ3) is 2.20. The molecule has 1 fully saturated rings. The minimum atomic E-state index is -0.0741. The molecule has 1 rings (SSSR count). The van der Waals surface area contributed by atoms with Crippen LogP contribution in [0.3, 0.4) is 0 Å². The average molecular weight is 126 g/mol. The summed E-state index contributed by atoms with van der Waals surface area (Å²) >= 11 is 0. The smallest absolute Gasteiger partial charge is 0.405 e. The van der Waals surface area contributed by atoms with Crippen molar-refractivity contribution >= 4 is 7.12 Å². The largest absolute Gasteiger partial charge is 0.486 e. The molecule has 0 N–H and O–H groups in total. The van der Waals surface area contributed by atoms with Gasteiger partial charge in [-0.1, -0.05) is 11.5 Å². The van der Waals surface area contributed by atoms with Gasteiger partial charge in [0.1, 0.15) is 0 Å². The summed E-state index contributed by atoms with van der Waals surface area (Å²) in [6.45, 7) is 5.53. The lowest BCUT2D eigenvalue weighted by atomic mass is 9.88. The van der Waals surface area contributed by atoms with Gasteiger partial charge in [0.15, 0.2) is 0 Å². The van der Waals surface area contributed by atoms with Crippen molar-refractivity contribution < 1.29 is 9.31 Å². The fourth-order valence-corrected chi connectivity index (χ4v) is 0.745. The van der Waals surface area contributed by atoms with E-state index in [0.717, 1.165) is 13.2 Å². The van der Waals surface area contributed by atoms with Crippen molar-refractivity contribution in [3.8, 4) is 0 Å². The first-order valence-electron chi connectivity index (χ1n) is 3.17. The van der Waals surface area contributed by atoms with Crippen molar-refractivity contribution in [3.05, 3.63) is 11.5 Å². The van der Waals surface area contributed by atoms with Gasteiger partial charge in [-0.25, -0.2) is 0 Å². The Kier molecular flexibility index (Phi) is 2.31. The molecule has 0 aliphatic carbocycles. The minimum Gasteiger partial charge on any atom is -0.405 e. The highest BCUT2D eigenvalue weighted by atomic mass is 16.6. The first kappa shape index (κ1) is 6.84. The highest BCUT2D eigenvalue weighted by Gasteiger charge is 2.19. The van der Waals surface area contributed by atoms with Gasteiger partial charge in [0, 0.05) is 0 Å². The van der Waals surface area contributed by atoms with Gasteiger partial charge in [-0.3, -0.25) is 0 Å². The molecule has 0 aromatic heterocycles. The van der Waals surface area contributed by atoms with Gasteiger partial charge >= 0.3 is 7.12 Å². The average Bonchev–Trinajstić information content (AvgIpc) is 2.15. The molecule has 0 spiro atoms. The van der Waals surface area contributed by atoms with Crippen molar-refractivity contribution in [3.63, 3.8) is 0 Å². The Balaban J connectivity index is 2.35. The van der Waals surface area contributed by atoms with Crippen molar-refractivity contribution in [2.45, 2.75) is 13.8 Å². The Morgan fingerprint density at radius 3 is 2.33 bits per heavy atom. The van der Waals surface area contributed by atoms with Crippen molar-refractivity contribution in [2.24, 2.45) is 0 Å². The summed E-state index contributed by atoms with van der Waals surface area (Å²) in [7, 11) is -0.0741. The zero-order chi connectivity index (χ0) is 6.69. The van der Waals surface area contributed by atoms with Crippen LogP contribution in [0.1, 0.15) is 13.8 Å². The molecule has 0 atom stereocenters. The second kappa shape index (κ2) is 3.04. The molecule has 0 aromatic rings. The third-order valence-electron chi connectivity index (χ3n) is 1.12. The molecule has 0 amide bonds. The van der Waals surface area contributed by atoms with Gasteiger partial charge in [0.05, 0.1) is 13.2 Å². The maximum absolute atomic E-state index is 5.17. The van der Waals surface area contributed by atoms with Crippen LogP contribution >= 0.6 is 0 Å². The standard InChI is InChI=1S/C6H11BO2/c1-6(2)5-7-8-3-4-9-7/h5H,3-4H2,1-2H3. The molecule has 0 aromatic carbocycles. The fourth-order valence-electron chi connectivity index (χ4n) is 0.745. The summed E-state index contributed by atoms with van der Waals surface area (Å²) in [6.07, 6.45) is 0. The molecule has 9 heavy (non-hydrogen) atoms. The second-order valence-electron chi connectivity index (χ2n) is 2.35. The molecule has 1 aliphatic heterocycles. The Morgan fingerprint density at radius 2 is 1.89 bits per heavy atom. The Morgan fingerprint density at radius 1 is 1.33 bits per heavy atom. The van der Waals surface area contributed by atoms with Crippen LogP contribution < -0.4 is 0 Å². The molecule has 1 aliphatic rings. The Bertz CT molecular complexity index is 112. The molecule has 1 heterocycles. The zero-order valence-electron chi connectivity index (χ0n) is 5.89. The molecule has 0 saturated carbocycles. The van der Waals surface area contributed by atoms with Crippen LogP contribution in [0.5, 0.6) is 0 Å². The predicted octanol–water partition coefficient (Wildman–Crippen LogP) is 1.03. The van der Waals surface area contributed by atoms with E-state index in [1.54, 1.807) is 0 Å². The van der Waals surface area contributed by atoms with E-state index in [2.05, 4.69) is 0 Å². The monoisotopic (exact) mass is 126 g/mol. The van der Waals surface area contributed by atoms with Gasteiger partial charge < -0.3 is 9.31 Å². The second-order valence-corrected chi connectivity index (χ2v) is 2.35. The first-order chi connectivity index (χ1) is 4.29. The Labute approximate surface area is 56.0 Å². The maximum Gasteiger partial charge on any atom is 0.486 e. The molecule has 50 valence electrons. The quantitative estimate of drug-likeness (QED) is 0.488. The van der Waals surface area contributed by atoms with Crippen LogP contribution in [-0.4, -0.2) is 20.3 Å². The molecule has 0 unspecified atom stereocenters. The molecular formula is C6H11BO2. The summed E-state index contributed by atoms with van der Waals surface area (Å²) < 4.78 is 10.3. The van der Waals surface area contributed by atoms with Gasteiger partial charge in [-0.15, -0.1) is 0 Å². The van der Waals surface area contributed by atoms with Crippen LogP contribution in [0.25, 0.3) is 0 Å². The van der Waals surface area contributed by atoms with E-state index >= 15 is 0 Å². The van der Waals surface area contributed by atoms with Crippen LogP contribution in [0.4, 0.5) is 0 Å². The highest BCUT2D eigenvalue weighted by molar-refractivity contribution is 6.51. The molecular weight excluding hydrogens is 115 g/mol. The fraction of sp³-hybridized carbons (Fsp3) is 0.667. The SMILES string of the molecule is CC(C)=CB1OCCO1. The number of rotatable bonds is 1. The van der Waals surface area contributed by atoms with Gasteiger partial charge in [-0.2, -0.15) is 0 Å². The van der Waals surface area contributed by atoms with Gasteiger partial charge in [0.25, 0.3) is 0 Å². The van der Waals surface area contributed by atoms with E-state index in [1.165, 1.54) is 5.57 Å². The van der Waals surface area contributed by atoms with E-state index in [4.69, 9.17) is 9.31 Å².